The Morgan fingerprint density at radius 3 is 2.76 bits per heavy atom. The molecule has 1 saturated heterocycles. The first-order valence-corrected chi connectivity index (χ1v) is 5.95. The van der Waals surface area contributed by atoms with E-state index in [1.54, 1.807) is 0 Å². The van der Waals surface area contributed by atoms with Crippen molar-refractivity contribution in [1.29, 1.82) is 0 Å². The molecule has 1 aromatic rings. The van der Waals surface area contributed by atoms with Gasteiger partial charge in [-0.15, -0.1) is 0 Å². The van der Waals surface area contributed by atoms with Gasteiger partial charge >= 0.3 is 0 Å². The van der Waals surface area contributed by atoms with Crippen LogP contribution in [0.25, 0.3) is 0 Å². The predicted molar refractivity (Wildman–Crippen MR) is 64.7 cm³/mol. The van der Waals surface area contributed by atoms with Crippen LogP contribution >= 0.6 is 0 Å². The molecule has 0 radical (unpaired) electrons. The predicted octanol–water partition coefficient (Wildman–Crippen LogP) is 0.552. The van der Waals surface area contributed by atoms with Crippen LogP contribution in [0, 0.1) is 0 Å². The SMILES string of the molecule is OC(CNC1COC1)COCc1ccccc1. The number of benzene rings is 1. The molecule has 0 spiro atoms. The lowest BCUT2D eigenvalue weighted by atomic mass is 10.2. The molecule has 17 heavy (non-hydrogen) atoms. The minimum Gasteiger partial charge on any atom is -0.389 e. The lowest BCUT2D eigenvalue weighted by Gasteiger charge is -2.27. The van der Waals surface area contributed by atoms with Gasteiger partial charge in [0.25, 0.3) is 0 Å². The molecule has 1 aliphatic rings. The Labute approximate surface area is 102 Å². The average Bonchev–Trinajstić information content (AvgIpc) is 2.28. The monoisotopic (exact) mass is 237 g/mol. The van der Waals surface area contributed by atoms with Crippen molar-refractivity contribution in [3.63, 3.8) is 0 Å². The molecule has 2 rings (SSSR count). The first-order chi connectivity index (χ1) is 8.34. The Balaban J connectivity index is 1.54. The van der Waals surface area contributed by atoms with Crippen molar-refractivity contribution in [2.75, 3.05) is 26.4 Å². The van der Waals surface area contributed by atoms with Gasteiger partial charge in [-0.25, -0.2) is 0 Å². The van der Waals surface area contributed by atoms with Gasteiger partial charge in [-0.05, 0) is 5.56 Å². The normalized spacial score (nSPS) is 17.7. The molecule has 1 unspecified atom stereocenters. The van der Waals surface area contributed by atoms with E-state index >= 15 is 0 Å². The van der Waals surface area contributed by atoms with Crippen LogP contribution in [0.5, 0.6) is 0 Å². The number of ether oxygens (including phenoxy) is 2. The van der Waals surface area contributed by atoms with Gasteiger partial charge in [0.05, 0.1) is 38.6 Å². The third kappa shape index (κ3) is 4.44. The summed E-state index contributed by atoms with van der Waals surface area (Å²) in [5, 5.41) is 12.9. The molecule has 0 saturated carbocycles. The van der Waals surface area contributed by atoms with Crippen molar-refractivity contribution >= 4 is 0 Å². The fourth-order valence-electron chi connectivity index (χ4n) is 1.60. The largest absolute Gasteiger partial charge is 0.389 e. The topological polar surface area (TPSA) is 50.7 Å². The molecule has 94 valence electrons. The van der Waals surface area contributed by atoms with E-state index in [0.29, 0.717) is 25.8 Å². The van der Waals surface area contributed by atoms with Crippen molar-refractivity contribution in [3.8, 4) is 0 Å². The van der Waals surface area contributed by atoms with Crippen molar-refractivity contribution in [2.45, 2.75) is 18.8 Å². The maximum absolute atomic E-state index is 9.67. The molecular weight excluding hydrogens is 218 g/mol. The third-order valence-electron chi connectivity index (χ3n) is 2.70. The van der Waals surface area contributed by atoms with Gasteiger partial charge < -0.3 is 19.9 Å². The smallest absolute Gasteiger partial charge is 0.0897 e. The van der Waals surface area contributed by atoms with Crippen molar-refractivity contribution < 1.29 is 14.6 Å². The van der Waals surface area contributed by atoms with Crippen LogP contribution < -0.4 is 5.32 Å². The second-order valence-corrected chi connectivity index (χ2v) is 4.30. The van der Waals surface area contributed by atoms with Gasteiger partial charge in [-0.3, -0.25) is 0 Å². The number of rotatable bonds is 7. The highest BCUT2D eigenvalue weighted by molar-refractivity contribution is 5.13. The van der Waals surface area contributed by atoms with Gasteiger partial charge in [0, 0.05) is 6.54 Å². The van der Waals surface area contributed by atoms with Gasteiger partial charge in [-0.2, -0.15) is 0 Å². The molecule has 0 aromatic heterocycles. The fourth-order valence-corrected chi connectivity index (χ4v) is 1.60. The first kappa shape index (κ1) is 12.5. The van der Waals surface area contributed by atoms with Crippen LogP contribution in [0.4, 0.5) is 0 Å². The minimum atomic E-state index is -0.459. The molecule has 1 aliphatic heterocycles. The zero-order valence-electron chi connectivity index (χ0n) is 9.84. The Morgan fingerprint density at radius 1 is 1.35 bits per heavy atom. The highest BCUT2D eigenvalue weighted by atomic mass is 16.5. The van der Waals surface area contributed by atoms with E-state index in [-0.39, 0.29) is 0 Å². The molecule has 0 bridgehead atoms. The summed E-state index contributed by atoms with van der Waals surface area (Å²) in [4.78, 5) is 0. The molecule has 4 heteroatoms. The zero-order chi connectivity index (χ0) is 11.9. The molecule has 0 amide bonds. The highest BCUT2D eigenvalue weighted by Gasteiger charge is 2.18. The van der Waals surface area contributed by atoms with E-state index in [1.807, 2.05) is 30.3 Å². The number of aliphatic hydroxyl groups excluding tert-OH is 1. The Hall–Kier alpha value is -0.940. The summed E-state index contributed by atoms with van der Waals surface area (Å²) in [5.74, 6) is 0. The van der Waals surface area contributed by atoms with E-state index in [0.717, 1.165) is 18.8 Å². The van der Waals surface area contributed by atoms with Gasteiger partial charge in [0.2, 0.25) is 0 Å². The van der Waals surface area contributed by atoms with E-state index in [9.17, 15) is 5.11 Å². The quantitative estimate of drug-likeness (QED) is 0.727. The number of hydrogen-bond donors (Lipinski definition) is 2. The second-order valence-electron chi connectivity index (χ2n) is 4.30. The molecule has 4 nitrogen and oxygen atoms in total. The molecule has 1 atom stereocenters. The lowest BCUT2D eigenvalue weighted by Crippen LogP contribution is -2.48. The van der Waals surface area contributed by atoms with Crippen LogP contribution in [-0.4, -0.2) is 43.6 Å². The van der Waals surface area contributed by atoms with Crippen LogP contribution in [0.15, 0.2) is 30.3 Å². The summed E-state index contributed by atoms with van der Waals surface area (Å²) >= 11 is 0. The summed E-state index contributed by atoms with van der Waals surface area (Å²) < 4.78 is 10.5. The summed E-state index contributed by atoms with van der Waals surface area (Å²) in [6.45, 7) is 2.96. The molecule has 1 fully saturated rings. The standard InChI is InChI=1S/C13H19NO3/c15-13(6-14-12-8-17-9-12)10-16-7-11-4-2-1-3-5-11/h1-5,12-15H,6-10H2. The Bertz CT molecular complexity index is 314. The maximum Gasteiger partial charge on any atom is 0.0897 e. The number of aliphatic hydroxyl groups is 1. The molecule has 0 aliphatic carbocycles. The highest BCUT2D eigenvalue weighted by Crippen LogP contribution is 2.02. The van der Waals surface area contributed by atoms with Crippen molar-refractivity contribution in [1.82, 2.24) is 5.32 Å². The van der Waals surface area contributed by atoms with Gasteiger partial charge in [-0.1, -0.05) is 30.3 Å². The first-order valence-electron chi connectivity index (χ1n) is 5.95. The average molecular weight is 237 g/mol. The minimum absolute atomic E-state index is 0.357. The Kier molecular flexibility index (Phi) is 4.94. The van der Waals surface area contributed by atoms with Crippen LogP contribution in [-0.2, 0) is 16.1 Å². The van der Waals surface area contributed by atoms with E-state index in [2.05, 4.69) is 5.32 Å². The van der Waals surface area contributed by atoms with Crippen LogP contribution in [0.2, 0.25) is 0 Å². The molecular formula is C13H19NO3. The summed E-state index contributed by atoms with van der Waals surface area (Å²) in [7, 11) is 0. The maximum atomic E-state index is 9.67. The van der Waals surface area contributed by atoms with Gasteiger partial charge in [0.1, 0.15) is 0 Å². The summed E-state index contributed by atoms with van der Waals surface area (Å²) in [5.41, 5.74) is 1.13. The zero-order valence-corrected chi connectivity index (χ0v) is 9.84. The van der Waals surface area contributed by atoms with E-state index < -0.39 is 6.10 Å². The summed E-state index contributed by atoms with van der Waals surface area (Å²) in [6, 6.07) is 10.4. The molecule has 1 heterocycles. The lowest BCUT2D eigenvalue weighted by molar-refractivity contribution is -0.0182. The van der Waals surface area contributed by atoms with Crippen molar-refractivity contribution in [3.05, 3.63) is 35.9 Å². The van der Waals surface area contributed by atoms with Crippen LogP contribution in [0.3, 0.4) is 0 Å². The van der Waals surface area contributed by atoms with Crippen LogP contribution in [0.1, 0.15) is 5.56 Å². The molecule has 1 aromatic carbocycles. The number of nitrogens with one attached hydrogen (secondary N) is 1. The number of hydrogen-bond acceptors (Lipinski definition) is 4. The Morgan fingerprint density at radius 2 is 2.12 bits per heavy atom. The second kappa shape index (κ2) is 6.71. The van der Waals surface area contributed by atoms with E-state index in [4.69, 9.17) is 9.47 Å². The van der Waals surface area contributed by atoms with Gasteiger partial charge in [0.15, 0.2) is 0 Å². The fraction of sp³-hybridized carbons (Fsp3) is 0.538. The summed E-state index contributed by atoms with van der Waals surface area (Å²) in [6.07, 6.45) is -0.459. The third-order valence-corrected chi connectivity index (χ3v) is 2.70. The molecule has 2 N–H and O–H groups in total. The van der Waals surface area contributed by atoms with Crippen molar-refractivity contribution in [2.24, 2.45) is 0 Å². The van der Waals surface area contributed by atoms with E-state index in [1.165, 1.54) is 0 Å².